The zero-order chi connectivity index (χ0) is 24.8. The Hall–Kier alpha value is -3.25. The Labute approximate surface area is 187 Å². The standard InChI is InChI=1S/C22H24N2O9/c1-21(32)7-5-4-6-8(25)9(7)15(26)10-12(21)17(28)13-14(24(2)3)16(27)11(20(23)31)19(30)22(13,33)18(10)29/h4-6,12-14,17,25-26,28,30,32-33H,1-3H3,(H2,23,31)/t12-,13+,14-,17-,21+,22-/m0/s1. The van der Waals surface area contributed by atoms with Crippen molar-refractivity contribution < 1.29 is 45.0 Å². The number of hydrogen-bond acceptors (Lipinski definition) is 10. The lowest BCUT2D eigenvalue weighted by atomic mass is 9.53. The molecule has 8 N–H and O–H groups in total. The van der Waals surface area contributed by atoms with Gasteiger partial charge < -0.3 is 36.4 Å². The number of fused-ring (bicyclic) bond motifs is 3. The first-order valence-corrected chi connectivity index (χ1v) is 10.1. The van der Waals surface area contributed by atoms with Crippen LogP contribution in [0.15, 0.2) is 35.1 Å². The van der Waals surface area contributed by atoms with Crippen molar-refractivity contribution in [1.82, 2.24) is 4.90 Å². The molecule has 11 nitrogen and oxygen atoms in total. The SMILES string of the molecule is CN(C)[C@@H]1C(=O)C(C(N)=O)=C(O)[C@@]2(O)C(=O)C3=C(O)c4c(O)cccc4[C@@](C)(O)[C@@H]3[C@H](O)[C@@H]12. The van der Waals surface area contributed by atoms with Crippen LogP contribution in [-0.2, 0) is 20.0 Å². The zero-order valence-electron chi connectivity index (χ0n) is 18.0. The predicted octanol–water partition coefficient (Wildman–Crippen LogP) is -1.40. The molecule has 1 saturated carbocycles. The molecule has 0 unspecified atom stereocenters. The lowest BCUT2D eigenvalue weighted by molar-refractivity contribution is -0.181. The number of Topliss-reactive ketones (excluding diaryl/α,β-unsaturated/α-hetero) is 2. The summed E-state index contributed by atoms with van der Waals surface area (Å²) in [5, 5.41) is 66.3. The van der Waals surface area contributed by atoms with Crippen molar-refractivity contribution in [3.05, 3.63) is 46.2 Å². The molecule has 4 rings (SSSR count). The summed E-state index contributed by atoms with van der Waals surface area (Å²) in [6.07, 6.45) is -1.87. The lowest BCUT2D eigenvalue weighted by Crippen LogP contribution is -2.71. The van der Waals surface area contributed by atoms with Crippen LogP contribution in [-0.4, -0.2) is 84.9 Å². The maximum atomic E-state index is 13.7. The number of carbonyl (C=O) groups is 3. The fraction of sp³-hybridized carbons (Fsp3) is 0.409. The molecule has 1 aromatic rings. The van der Waals surface area contributed by atoms with E-state index in [9.17, 15) is 45.0 Å². The highest BCUT2D eigenvalue weighted by molar-refractivity contribution is 6.24. The molecule has 0 spiro atoms. The number of phenols is 1. The van der Waals surface area contributed by atoms with Crippen molar-refractivity contribution in [2.75, 3.05) is 14.1 Å². The topological polar surface area (TPSA) is 202 Å². The van der Waals surface area contributed by atoms with Crippen molar-refractivity contribution in [2.45, 2.75) is 30.3 Å². The van der Waals surface area contributed by atoms with Gasteiger partial charge in [-0.25, -0.2) is 0 Å². The molecule has 0 heterocycles. The van der Waals surface area contributed by atoms with Gasteiger partial charge in [0.05, 0.1) is 40.7 Å². The first-order valence-electron chi connectivity index (χ1n) is 10.1. The van der Waals surface area contributed by atoms with Crippen LogP contribution in [0.2, 0.25) is 0 Å². The number of nitrogens with two attached hydrogens (primary N) is 1. The van der Waals surface area contributed by atoms with Gasteiger partial charge in [0.15, 0.2) is 11.4 Å². The Morgan fingerprint density at radius 1 is 1.12 bits per heavy atom. The number of nitrogens with zero attached hydrogens (tertiary/aromatic N) is 1. The minimum Gasteiger partial charge on any atom is -0.508 e. The summed E-state index contributed by atoms with van der Waals surface area (Å²) in [6, 6.07) is 2.50. The van der Waals surface area contributed by atoms with Crippen LogP contribution in [0.1, 0.15) is 18.1 Å². The highest BCUT2D eigenvalue weighted by Gasteiger charge is 2.70. The molecule has 176 valence electrons. The molecule has 0 radical (unpaired) electrons. The Bertz CT molecular complexity index is 1180. The van der Waals surface area contributed by atoms with E-state index in [0.717, 1.165) is 0 Å². The van der Waals surface area contributed by atoms with E-state index in [4.69, 9.17) is 5.73 Å². The highest BCUT2D eigenvalue weighted by Crippen LogP contribution is 2.57. The van der Waals surface area contributed by atoms with Crippen LogP contribution in [0.5, 0.6) is 5.75 Å². The van der Waals surface area contributed by atoms with E-state index in [2.05, 4.69) is 0 Å². The van der Waals surface area contributed by atoms with Gasteiger partial charge in [-0.3, -0.25) is 19.3 Å². The summed E-state index contributed by atoms with van der Waals surface area (Å²) < 4.78 is 0. The Kier molecular flexibility index (Phi) is 4.78. The molecule has 3 aliphatic carbocycles. The number of aliphatic hydroxyl groups is 5. The van der Waals surface area contributed by atoms with Crippen LogP contribution in [0, 0.1) is 11.8 Å². The molecular formula is C22H24N2O9. The van der Waals surface area contributed by atoms with Gasteiger partial charge in [-0.2, -0.15) is 0 Å². The van der Waals surface area contributed by atoms with Crippen LogP contribution < -0.4 is 5.73 Å². The predicted molar refractivity (Wildman–Crippen MR) is 112 cm³/mol. The molecule has 0 bridgehead atoms. The third-order valence-corrected chi connectivity index (χ3v) is 7.03. The summed E-state index contributed by atoms with van der Waals surface area (Å²) >= 11 is 0. The minimum absolute atomic E-state index is 0.00664. The van der Waals surface area contributed by atoms with E-state index in [-0.39, 0.29) is 11.1 Å². The average Bonchev–Trinajstić information content (AvgIpc) is 2.70. The monoisotopic (exact) mass is 460 g/mol. The molecule has 11 heteroatoms. The number of aromatic hydroxyl groups is 1. The number of ketones is 2. The summed E-state index contributed by atoms with van der Waals surface area (Å²) in [5.74, 6) is -9.67. The second-order valence-electron chi connectivity index (χ2n) is 9.06. The minimum atomic E-state index is -3.02. The van der Waals surface area contributed by atoms with Crippen molar-refractivity contribution in [3.63, 3.8) is 0 Å². The number of primary amides is 1. The summed E-state index contributed by atoms with van der Waals surface area (Å²) in [7, 11) is 2.80. The third kappa shape index (κ3) is 2.61. The normalized spacial score (nSPS) is 36.0. The largest absolute Gasteiger partial charge is 0.508 e. The second-order valence-corrected chi connectivity index (χ2v) is 9.06. The van der Waals surface area contributed by atoms with Gasteiger partial charge in [0.25, 0.3) is 5.91 Å². The van der Waals surface area contributed by atoms with Gasteiger partial charge in [-0.1, -0.05) is 12.1 Å². The quantitative estimate of drug-likeness (QED) is 0.257. The third-order valence-electron chi connectivity index (χ3n) is 7.03. The highest BCUT2D eigenvalue weighted by atomic mass is 16.4. The van der Waals surface area contributed by atoms with Crippen molar-refractivity contribution in [3.8, 4) is 5.75 Å². The van der Waals surface area contributed by atoms with E-state index < -0.39 is 81.1 Å². The molecule has 6 atom stereocenters. The number of aliphatic hydroxyl groups excluding tert-OH is 3. The van der Waals surface area contributed by atoms with Gasteiger partial charge in [0.2, 0.25) is 5.78 Å². The Balaban J connectivity index is 2.11. The van der Waals surface area contributed by atoms with E-state index in [1.807, 2.05) is 0 Å². The van der Waals surface area contributed by atoms with Gasteiger partial charge in [-0.15, -0.1) is 0 Å². The second kappa shape index (κ2) is 6.87. The Morgan fingerprint density at radius 2 is 1.73 bits per heavy atom. The number of amides is 1. The molecule has 0 saturated heterocycles. The first-order chi connectivity index (χ1) is 15.2. The van der Waals surface area contributed by atoms with Gasteiger partial charge in [0.1, 0.15) is 22.8 Å². The van der Waals surface area contributed by atoms with Crippen LogP contribution in [0.4, 0.5) is 0 Å². The number of phenolic OH excluding ortho intramolecular Hbond substituents is 1. The number of likely N-dealkylation sites (N-methyl/N-ethyl adjacent to an activating group) is 1. The number of hydrogen-bond donors (Lipinski definition) is 7. The lowest BCUT2D eigenvalue weighted by Gasteiger charge is -2.55. The molecule has 33 heavy (non-hydrogen) atoms. The van der Waals surface area contributed by atoms with Gasteiger partial charge in [-0.05, 0) is 32.6 Å². The fourth-order valence-electron chi connectivity index (χ4n) is 5.60. The van der Waals surface area contributed by atoms with Crippen molar-refractivity contribution in [1.29, 1.82) is 0 Å². The van der Waals surface area contributed by atoms with E-state index in [0.29, 0.717) is 0 Å². The van der Waals surface area contributed by atoms with E-state index in [1.165, 1.54) is 44.1 Å². The molecule has 0 aliphatic heterocycles. The molecule has 3 aliphatic rings. The summed E-state index contributed by atoms with van der Waals surface area (Å²) in [5.41, 5.74) is -1.78. The molecule has 1 amide bonds. The molecule has 0 aromatic heterocycles. The summed E-state index contributed by atoms with van der Waals surface area (Å²) in [6.45, 7) is 1.25. The fourth-order valence-corrected chi connectivity index (χ4v) is 5.60. The van der Waals surface area contributed by atoms with Gasteiger partial charge >= 0.3 is 0 Å². The Morgan fingerprint density at radius 3 is 2.27 bits per heavy atom. The molecule has 1 aromatic carbocycles. The zero-order valence-corrected chi connectivity index (χ0v) is 18.0. The first kappa shape index (κ1) is 22.9. The van der Waals surface area contributed by atoms with Crippen molar-refractivity contribution in [2.24, 2.45) is 17.6 Å². The van der Waals surface area contributed by atoms with E-state index >= 15 is 0 Å². The maximum Gasteiger partial charge on any atom is 0.255 e. The number of benzene rings is 1. The molecular weight excluding hydrogens is 436 g/mol. The van der Waals surface area contributed by atoms with Crippen LogP contribution >= 0.6 is 0 Å². The number of rotatable bonds is 2. The van der Waals surface area contributed by atoms with E-state index in [1.54, 1.807) is 0 Å². The van der Waals surface area contributed by atoms with Crippen LogP contribution in [0.3, 0.4) is 0 Å². The van der Waals surface area contributed by atoms with Gasteiger partial charge in [0, 0.05) is 0 Å². The maximum absolute atomic E-state index is 13.7. The average molecular weight is 460 g/mol. The molecule has 1 fully saturated rings. The number of carbonyl (C=O) groups excluding carboxylic acids is 3. The van der Waals surface area contributed by atoms with Crippen molar-refractivity contribution >= 4 is 23.2 Å². The van der Waals surface area contributed by atoms with Crippen LogP contribution in [0.25, 0.3) is 5.76 Å². The smallest absolute Gasteiger partial charge is 0.255 e. The summed E-state index contributed by atoms with van der Waals surface area (Å²) in [4.78, 5) is 39.9.